The van der Waals surface area contributed by atoms with Crippen molar-refractivity contribution in [1.29, 1.82) is 0 Å². The molecule has 5 rings (SSSR count). The largest absolute Gasteiger partial charge is 0.495 e. The van der Waals surface area contributed by atoms with Crippen LogP contribution in [0.25, 0.3) is 0 Å². The highest BCUT2D eigenvalue weighted by Crippen LogP contribution is 2.36. The van der Waals surface area contributed by atoms with Crippen LogP contribution in [-0.4, -0.2) is 41.9 Å². The van der Waals surface area contributed by atoms with E-state index in [0.717, 1.165) is 0 Å². The predicted octanol–water partition coefficient (Wildman–Crippen LogP) is 4.65. The molecule has 0 aromatic heterocycles. The second kappa shape index (κ2) is 11.0. The lowest BCUT2D eigenvalue weighted by atomic mass is 10.0. The molecule has 200 valence electrons. The molecule has 1 fully saturated rings. The van der Waals surface area contributed by atoms with Crippen molar-refractivity contribution < 1.29 is 33.4 Å². The lowest BCUT2D eigenvalue weighted by molar-refractivity contribution is -0.136. The third-order valence-electron chi connectivity index (χ3n) is 6.46. The normalized spacial score (nSPS) is 16.4. The fourth-order valence-corrected chi connectivity index (χ4v) is 4.74. The number of imide groups is 1. The summed E-state index contributed by atoms with van der Waals surface area (Å²) in [5.41, 5.74) is 1.99. The summed E-state index contributed by atoms with van der Waals surface area (Å²) in [6.45, 7) is 0.0658. The van der Waals surface area contributed by atoms with E-state index >= 15 is 0 Å². The first-order chi connectivity index (χ1) is 18.8. The van der Waals surface area contributed by atoms with Crippen LogP contribution in [0.15, 0.2) is 60.7 Å². The maximum absolute atomic E-state index is 13.2. The molecule has 0 radical (unpaired) electrons. The molecule has 2 N–H and O–H groups in total. The van der Waals surface area contributed by atoms with Gasteiger partial charge in [-0.05, 0) is 48.4 Å². The number of nitrogens with zero attached hydrogens (tertiary/aromatic N) is 1. The van der Waals surface area contributed by atoms with Crippen LogP contribution in [0.1, 0.15) is 34.3 Å². The standard InChI is InChI=1S/C28H24ClN3O7/c1-37-25-17(7-6-16-14-32(27(35)24(16)25)21-12-13-23(33)31-26(21)34)15-38-28(36)30-18-8-10-19(11-9-18)39-22-5-3-2-4-20(22)29/h2-11,21H,12-15H2,1H3,(H,30,36)(H,31,33,34). The van der Waals surface area contributed by atoms with Gasteiger partial charge in [0.05, 0.1) is 17.7 Å². The molecule has 0 saturated carbocycles. The zero-order valence-corrected chi connectivity index (χ0v) is 21.6. The highest BCUT2D eigenvalue weighted by Gasteiger charge is 2.41. The van der Waals surface area contributed by atoms with Crippen LogP contribution < -0.4 is 20.1 Å². The number of benzene rings is 3. The van der Waals surface area contributed by atoms with Crippen molar-refractivity contribution in [3.63, 3.8) is 0 Å². The van der Waals surface area contributed by atoms with Crippen LogP contribution in [0.3, 0.4) is 0 Å². The van der Waals surface area contributed by atoms with Crippen LogP contribution in [-0.2, 0) is 27.5 Å². The van der Waals surface area contributed by atoms with E-state index in [1.54, 1.807) is 54.6 Å². The van der Waals surface area contributed by atoms with Gasteiger partial charge in [0, 0.05) is 24.2 Å². The van der Waals surface area contributed by atoms with Crippen molar-refractivity contribution in [1.82, 2.24) is 10.2 Å². The molecule has 39 heavy (non-hydrogen) atoms. The van der Waals surface area contributed by atoms with Gasteiger partial charge in [0.1, 0.15) is 29.9 Å². The average Bonchev–Trinajstić information content (AvgIpc) is 3.25. The lowest BCUT2D eigenvalue weighted by Gasteiger charge is -2.29. The molecule has 2 aliphatic rings. The molecule has 2 heterocycles. The number of piperidine rings is 1. The quantitative estimate of drug-likeness (QED) is 0.411. The average molecular weight is 550 g/mol. The number of carbonyl (C=O) groups excluding carboxylic acids is 4. The maximum atomic E-state index is 13.2. The predicted molar refractivity (Wildman–Crippen MR) is 141 cm³/mol. The van der Waals surface area contributed by atoms with Gasteiger partial charge in [-0.1, -0.05) is 35.9 Å². The first kappa shape index (κ1) is 26.1. The number of halogens is 1. The van der Waals surface area contributed by atoms with Crippen LogP contribution >= 0.6 is 11.6 Å². The third kappa shape index (κ3) is 5.51. The van der Waals surface area contributed by atoms with E-state index in [1.807, 2.05) is 6.07 Å². The summed E-state index contributed by atoms with van der Waals surface area (Å²) in [4.78, 5) is 51.0. The van der Waals surface area contributed by atoms with Crippen LogP contribution in [0.4, 0.5) is 10.5 Å². The maximum Gasteiger partial charge on any atom is 0.411 e. The third-order valence-corrected chi connectivity index (χ3v) is 6.77. The van der Waals surface area contributed by atoms with Gasteiger partial charge >= 0.3 is 6.09 Å². The van der Waals surface area contributed by atoms with E-state index < -0.39 is 18.0 Å². The Hall–Kier alpha value is -4.57. The van der Waals surface area contributed by atoms with Crippen molar-refractivity contribution in [3.05, 3.63) is 82.4 Å². The fraction of sp³-hybridized carbons (Fsp3) is 0.214. The molecule has 11 heteroatoms. The first-order valence-electron chi connectivity index (χ1n) is 12.1. The summed E-state index contributed by atoms with van der Waals surface area (Å²) in [6.07, 6.45) is -0.275. The van der Waals surface area contributed by atoms with E-state index in [2.05, 4.69) is 10.6 Å². The Bertz CT molecular complexity index is 1460. The van der Waals surface area contributed by atoms with Crippen molar-refractivity contribution in [2.75, 3.05) is 12.4 Å². The molecule has 10 nitrogen and oxygen atoms in total. The van der Waals surface area contributed by atoms with E-state index in [1.165, 1.54) is 12.0 Å². The SMILES string of the molecule is COc1c(COC(=O)Nc2ccc(Oc3ccccc3Cl)cc2)ccc2c1C(=O)N(C1CCC(=O)NC1=O)C2. The smallest absolute Gasteiger partial charge is 0.411 e. The highest BCUT2D eigenvalue weighted by molar-refractivity contribution is 6.32. The molecule has 3 aromatic carbocycles. The van der Waals surface area contributed by atoms with E-state index in [0.29, 0.717) is 38.9 Å². The number of carbonyl (C=O) groups is 4. The number of nitrogens with one attached hydrogen (secondary N) is 2. The lowest BCUT2D eigenvalue weighted by Crippen LogP contribution is -2.52. The molecule has 0 bridgehead atoms. The van der Waals surface area contributed by atoms with E-state index in [9.17, 15) is 19.2 Å². The van der Waals surface area contributed by atoms with Gasteiger partial charge in [0.15, 0.2) is 0 Å². The number of methoxy groups -OCH3 is 1. The molecular formula is C28H24ClN3O7. The number of anilines is 1. The zero-order chi connectivity index (χ0) is 27.5. The number of rotatable bonds is 7. The summed E-state index contributed by atoms with van der Waals surface area (Å²) in [5.74, 6) is 0.122. The molecule has 4 amide bonds. The molecule has 3 aromatic rings. The van der Waals surface area contributed by atoms with Crippen molar-refractivity contribution in [2.45, 2.75) is 32.0 Å². The van der Waals surface area contributed by atoms with Crippen molar-refractivity contribution >= 4 is 41.1 Å². The summed E-state index contributed by atoms with van der Waals surface area (Å²) in [6, 6.07) is 16.5. The van der Waals surface area contributed by atoms with E-state index in [-0.39, 0.29) is 43.6 Å². The number of para-hydroxylation sites is 1. The minimum absolute atomic E-state index is 0.151. The monoisotopic (exact) mass is 549 g/mol. The van der Waals surface area contributed by atoms with Gasteiger partial charge in [-0.2, -0.15) is 0 Å². The molecule has 1 atom stereocenters. The second-order valence-electron chi connectivity index (χ2n) is 8.95. The van der Waals surface area contributed by atoms with Crippen molar-refractivity contribution in [2.24, 2.45) is 0 Å². The Kier molecular flexibility index (Phi) is 7.38. The van der Waals surface area contributed by atoms with E-state index in [4.69, 9.17) is 25.8 Å². The molecule has 1 saturated heterocycles. The van der Waals surface area contributed by atoms with Crippen LogP contribution in [0.2, 0.25) is 5.02 Å². The second-order valence-corrected chi connectivity index (χ2v) is 9.36. The Morgan fingerprint density at radius 1 is 1.08 bits per heavy atom. The van der Waals surface area contributed by atoms with Gasteiger partial charge in [0.25, 0.3) is 5.91 Å². The molecule has 1 unspecified atom stereocenters. The molecule has 0 spiro atoms. The van der Waals surface area contributed by atoms with Crippen LogP contribution in [0.5, 0.6) is 17.2 Å². The number of hydrogen-bond donors (Lipinski definition) is 2. The Balaban J connectivity index is 1.21. The Morgan fingerprint density at radius 3 is 2.56 bits per heavy atom. The molecule has 0 aliphatic carbocycles. The number of fused-ring (bicyclic) bond motifs is 1. The molecular weight excluding hydrogens is 526 g/mol. The van der Waals surface area contributed by atoms with Gasteiger partial charge in [-0.3, -0.25) is 25.0 Å². The minimum Gasteiger partial charge on any atom is -0.495 e. The number of hydrogen-bond acceptors (Lipinski definition) is 7. The summed E-state index contributed by atoms with van der Waals surface area (Å²) in [7, 11) is 1.42. The van der Waals surface area contributed by atoms with Gasteiger partial charge in [-0.25, -0.2) is 4.79 Å². The van der Waals surface area contributed by atoms with Crippen LogP contribution in [0, 0.1) is 0 Å². The Labute approximate surface area is 228 Å². The summed E-state index contributed by atoms with van der Waals surface area (Å²) >= 11 is 6.12. The van der Waals surface area contributed by atoms with Gasteiger partial charge in [0.2, 0.25) is 11.8 Å². The zero-order valence-electron chi connectivity index (χ0n) is 20.9. The highest BCUT2D eigenvalue weighted by atomic mass is 35.5. The summed E-state index contributed by atoms with van der Waals surface area (Å²) < 4.78 is 16.6. The number of ether oxygens (including phenoxy) is 3. The summed E-state index contributed by atoms with van der Waals surface area (Å²) in [5, 5.41) is 5.41. The van der Waals surface area contributed by atoms with Gasteiger partial charge < -0.3 is 19.1 Å². The molecule has 2 aliphatic heterocycles. The Morgan fingerprint density at radius 2 is 1.85 bits per heavy atom. The minimum atomic E-state index is -0.737. The van der Waals surface area contributed by atoms with Crippen molar-refractivity contribution in [3.8, 4) is 17.2 Å². The fourth-order valence-electron chi connectivity index (χ4n) is 4.57. The van der Waals surface area contributed by atoms with Gasteiger partial charge in [-0.15, -0.1) is 0 Å². The first-order valence-corrected chi connectivity index (χ1v) is 12.5. The number of amides is 4. The topological polar surface area (TPSA) is 123 Å².